The molecule has 26 heavy (non-hydrogen) atoms. The van der Waals surface area contributed by atoms with Crippen LogP contribution in [0.1, 0.15) is 12.5 Å². The highest BCUT2D eigenvalue weighted by Crippen LogP contribution is 2.21. The zero-order chi connectivity index (χ0) is 17.7. The van der Waals surface area contributed by atoms with Gasteiger partial charge in [0.25, 0.3) is 5.56 Å². The zero-order valence-electron chi connectivity index (χ0n) is 14.3. The van der Waals surface area contributed by atoms with E-state index in [0.29, 0.717) is 11.2 Å². The summed E-state index contributed by atoms with van der Waals surface area (Å²) in [5.74, 6) is 0.602. The Morgan fingerprint density at radius 2 is 1.77 bits per heavy atom. The first-order valence-electron chi connectivity index (χ1n) is 8.64. The first kappa shape index (κ1) is 14.8. The minimum atomic E-state index is -0.0735. The number of benzene rings is 2. The van der Waals surface area contributed by atoms with Gasteiger partial charge in [0, 0.05) is 12.4 Å². The SMILES string of the molecule is CCc1ccccc1-n1ccc2c(cnc3nc4ccccc4n32)c1=O. The van der Waals surface area contributed by atoms with Crippen LogP contribution in [0, 0.1) is 0 Å². The van der Waals surface area contributed by atoms with Crippen molar-refractivity contribution in [2.75, 3.05) is 0 Å². The average Bonchev–Trinajstić information content (AvgIpc) is 3.07. The summed E-state index contributed by atoms with van der Waals surface area (Å²) in [6.07, 6.45) is 4.33. The van der Waals surface area contributed by atoms with E-state index in [1.165, 1.54) is 0 Å². The van der Waals surface area contributed by atoms with E-state index in [1.54, 1.807) is 10.8 Å². The Bertz CT molecular complexity index is 1350. The second-order valence-corrected chi connectivity index (χ2v) is 6.27. The molecule has 0 aliphatic heterocycles. The van der Waals surface area contributed by atoms with Crippen molar-refractivity contribution < 1.29 is 0 Å². The number of pyridine rings is 1. The molecule has 0 atom stereocenters. The molecule has 0 bridgehead atoms. The van der Waals surface area contributed by atoms with E-state index in [1.807, 2.05) is 59.1 Å². The Morgan fingerprint density at radius 1 is 0.962 bits per heavy atom. The van der Waals surface area contributed by atoms with Gasteiger partial charge in [0.1, 0.15) is 0 Å². The molecule has 0 saturated carbocycles. The number of aromatic nitrogens is 4. The second-order valence-electron chi connectivity index (χ2n) is 6.27. The fourth-order valence-electron chi connectivity index (χ4n) is 3.55. The van der Waals surface area contributed by atoms with E-state index >= 15 is 0 Å². The highest BCUT2D eigenvalue weighted by atomic mass is 16.1. The summed E-state index contributed by atoms with van der Waals surface area (Å²) in [6, 6.07) is 17.8. The van der Waals surface area contributed by atoms with Gasteiger partial charge < -0.3 is 0 Å². The van der Waals surface area contributed by atoms with E-state index in [9.17, 15) is 4.79 Å². The molecule has 2 aromatic carbocycles. The van der Waals surface area contributed by atoms with Crippen LogP contribution in [0.4, 0.5) is 0 Å². The number of fused-ring (bicyclic) bond motifs is 5. The van der Waals surface area contributed by atoms with Crippen molar-refractivity contribution in [3.8, 4) is 5.69 Å². The largest absolute Gasteiger partial charge is 0.283 e. The number of nitrogens with zero attached hydrogens (tertiary/aromatic N) is 4. The summed E-state index contributed by atoms with van der Waals surface area (Å²) in [5, 5.41) is 0.578. The van der Waals surface area contributed by atoms with Crippen LogP contribution in [0.15, 0.2) is 71.8 Å². The average molecular weight is 340 g/mol. The lowest BCUT2D eigenvalue weighted by atomic mass is 10.1. The Labute approximate surface area is 149 Å². The predicted octanol–water partition coefficient (Wildman–Crippen LogP) is 3.75. The maximum Gasteiger partial charge on any atom is 0.266 e. The van der Waals surface area contributed by atoms with Crippen LogP contribution < -0.4 is 5.56 Å². The van der Waals surface area contributed by atoms with Crippen LogP contribution in [-0.4, -0.2) is 18.9 Å². The fraction of sp³-hybridized carbons (Fsp3) is 0.0952. The zero-order valence-corrected chi connectivity index (χ0v) is 14.3. The van der Waals surface area contributed by atoms with Crippen LogP contribution >= 0.6 is 0 Å². The number of hydrogen-bond acceptors (Lipinski definition) is 3. The lowest BCUT2D eigenvalue weighted by molar-refractivity contribution is 0.964. The molecular weight excluding hydrogens is 324 g/mol. The van der Waals surface area contributed by atoms with Crippen molar-refractivity contribution in [3.63, 3.8) is 0 Å². The van der Waals surface area contributed by atoms with Crippen molar-refractivity contribution in [1.82, 2.24) is 18.9 Å². The van der Waals surface area contributed by atoms with Gasteiger partial charge in [0.05, 0.1) is 27.6 Å². The van der Waals surface area contributed by atoms with E-state index in [2.05, 4.69) is 23.0 Å². The van der Waals surface area contributed by atoms with Crippen LogP contribution in [0.2, 0.25) is 0 Å². The molecule has 3 aromatic heterocycles. The molecule has 0 aliphatic rings. The molecule has 0 unspecified atom stereocenters. The lowest BCUT2D eigenvalue weighted by Crippen LogP contribution is -2.19. The predicted molar refractivity (Wildman–Crippen MR) is 103 cm³/mol. The number of aryl methyl sites for hydroxylation is 1. The van der Waals surface area contributed by atoms with E-state index in [4.69, 9.17) is 0 Å². The van der Waals surface area contributed by atoms with Crippen molar-refractivity contribution in [2.24, 2.45) is 0 Å². The first-order chi connectivity index (χ1) is 12.8. The molecular formula is C21H16N4O. The fourth-order valence-corrected chi connectivity index (χ4v) is 3.55. The maximum atomic E-state index is 13.2. The number of rotatable bonds is 2. The first-order valence-corrected chi connectivity index (χ1v) is 8.64. The number of imidazole rings is 1. The summed E-state index contributed by atoms with van der Waals surface area (Å²) in [7, 11) is 0. The standard InChI is InChI=1S/C21H16N4O/c1-2-14-7-3-5-9-17(14)24-12-11-18-15(20(24)26)13-22-21-23-16-8-4-6-10-19(16)25(18)21/h3-13H,2H2,1H3. The van der Waals surface area contributed by atoms with E-state index < -0.39 is 0 Å². The minimum absolute atomic E-state index is 0.0735. The van der Waals surface area contributed by atoms with Gasteiger partial charge in [-0.25, -0.2) is 9.97 Å². The molecule has 5 heteroatoms. The third kappa shape index (κ3) is 2.00. The second kappa shape index (κ2) is 5.52. The Balaban J connectivity index is 1.88. The van der Waals surface area contributed by atoms with Gasteiger partial charge in [-0.05, 0) is 36.2 Å². The quantitative estimate of drug-likeness (QED) is 0.492. The van der Waals surface area contributed by atoms with E-state index in [0.717, 1.165) is 34.2 Å². The van der Waals surface area contributed by atoms with Gasteiger partial charge in [0.15, 0.2) is 0 Å². The summed E-state index contributed by atoms with van der Waals surface area (Å²) in [5.41, 5.74) is 4.61. The number of para-hydroxylation sites is 3. The molecule has 126 valence electrons. The maximum absolute atomic E-state index is 13.2. The molecule has 0 spiro atoms. The molecule has 0 aliphatic carbocycles. The van der Waals surface area contributed by atoms with Gasteiger partial charge in [-0.2, -0.15) is 0 Å². The Morgan fingerprint density at radius 3 is 2.65 bits per heavy atom. The summed E-state index contributed by atoms with van der Waals surface area (Å²) < 4.78 is 3.65. The molecule has 0 amide bonds. The number of hydrogen-bond donors (Lipinski definition) is 0. The van der Waals surface area contributed by atoms with Gasteiger partial charge in [-0.1, -0.05) is 37.3 Å². The lowest BCUT2D eigenvalue weighted by Gasteiger charge is -2.12. The minimum Gasteiger partial charge on any atom is -0.283 e. The van der Waals surface area contributed by atoms with Crippen LogP contribution in [-0.2, 0) is 6.42 Å². The smallest absolute Gasteiger partial charge is 0.266 e. The highest BCUT2D eigenvalue weighted by Gasteiger charge is 2.13. The van der Waals surface area contributed by atoms with Gasteiger partial charge in [-0.15, -0.1) is 0 Å². The van der Waals surface area contributed by atoms with Crippen molar-refractivity contribution in [3.05, 3.63) is 82.9 Å². The van der Waals surface area contributed by atoms with E-state index in [-0.39, 0.29) is 5.56 Å². The third-order valence-corrected chi connectivity index (χ3v) is 4.83. The summed E-state index contributed by atoms with van der Waals surface area (Å²) in [6.45, 7) is 2.09. The van der Waals surface area contributed by atoms with Crippen molar-refractivity contribution >= 4 is 27.7 Å². The van der Waals surface area contributed by atoms with Crippen molar-refractivity contribution in [2.45, 2.75) is 13.3 Å². The van der Waals surface area contributed by atoms with Gasteiger partial charge in [0.2, 0.25) is 5.78 Å². The molecule has 0 saturated heterocycles. The summed E-state index contributed by atoms with van der Waals surface area (Å²) in [4.78, 5) is 22.2. The Kier molecular flexibility index (Phi) is 3.15. The van der Waals surface area contributed by atoms with Gasteiger partial charge in [-0.3, -0.25) is 13.8 Å². The molecule has 0 N–H and O–H groups in total. The highest BCUT2D eigenvalue weighted by molar-refractivity contribution is 5.88. The van der Waals surface area contributed by atoms with Crippen LogP contribution in [0.3, 0.4) is 0 Å². The molecule has 0 fully saturated rings. The van der Waals surface area contributed by atoms with Crippen LogP contribution in [0.5, 0.6) is 0 Å². The molecule has 5 aromatic rings. The Hall–Kier alpha value is -3.47. The third-order valence-electron chi connectivity index (χ3n) is 4.83. The molecule has 5 nitrogen and oxygen atoms in total. The molecule has 0 radical (unpaired) electrons. The summed E-state index contributed by atoms with van der Waals surface area (Å²) >= 11 is 0. The molecule has 3 heterocycles. The normalized spacial score (nSPS) is 11.6. The van der Waals surface area contributed by atoms with Gasteiger partial charge >= 0.3 is 0 Å². The monoisotopic (exact) mass is 340 g/mol. The van der Waals surface area contributed by atoms with Crippen LogP contribution in [0.25, 0.3) is 33.4 Å². The topological polar surface area (TPSA) is 52.2 Å². The molecule has 5 rings (SSSR count). The van der Waals surface area contributed by atoms with Crippen molar-refractivity contribution in [1.29, 1.82) is 0 Å².